The van der Waals surface area contributed by atoms with Gasteiger partial charge in [0.2, 0.25) is 5.91 Å². The highest BCUT2D eigenvalue weighted by molar-refractivity contribution is 5.82. The van der Waals surface area contributed by atoms with E-state index >= 15 is 0 Å². The molecule has 0 aromatic carbocycles. The van der Waals surface area contributed by atoms with Crippen LogP contribution in [0, 0.1) is 0 Å². The Morgan fingerprint density at radius 2 is 1.88 bits per heavy atom. The van der Waals surface area contributed by atoms with Crippen molar-refractivity contribution in [2.24, 2.45) is 0 Å². The van der Waals surface area contributed by atoms with Gasteiger partial charge in [0.1, 0.15) is 0 Å². The van der Waals surface area contributed by atoms with Crippen LogP contribution in [0.15, 0.2) is 0 Å². The van der Waals surface area contributed by atoms with Gasteiger partial charge in [-0.15, -0.1) is 0 Å². The molecule has 5 heteroatoms. The smallest absolute Gasteiger partial charge is 0.317 e. The Balaban J connectivity index is 2.48. The lowest BCUT2D eigenvalue weighted by atomic mass is 10.1. The van der Waals surface area contributed by atoms with E-state index in [1.807, 2.05) is 4.90 Å². The van der Waals surface area contributed by atoms with E-state index in [1.165, 1.54) is 6.42 Å². The highest BCUT2D eigenvalue weighted by atomic mass is 16.4. The lowest BCUT2D eigenvalue weighted by Gasteiger charge is -2.32. The number of piperidine rings is 1. The molecule has 1 amide bonds. The number of carbonyl (C=O) groups is 2. The number of hydrogen-bond acceptors (Lipinski definition) is 3. The maximum atomic E-state index is 12.0. The molecule has 1 N–H and O–H groups in total. The van der Waals surface area contributed by atoms with Crippen LogP contribution in [0.4, 0.5) is 0 Å². The molecular weight excluding hydrogens is 208 g/mol. The number of carbonyl (C=O) groups excluding carboxylic acids is 1. The van der Waals surface area contributed by atoms with E-state index in [2.05, 4.69) is 0 Å². The van der Waals surface area contributed by atoms with Gasteiger partial charge in [-0.3, -0.25) is 14.5 Å². The normalized spacial score (nSPS) is 18.6. The molecule has 1 aliphatic rings. The number of carboxylic acids is 1. The first-order valence-electron chi connectivity index (χ1n) is 5.73. The van der Waals surface area contributed by atoms with Gasteiger partial charge in [0, 0.05) is 13.1 Å². The zero-order valence-corrected chi connectivity index (χ0v) is 9.98. The van der Waals surface area contributed by atoms with Crippen molar-refractivity contribution in [1.29, 1.82) is 0 Å². The molecule has 0 spiro atoms. The van der Waals surface area contributed by atoms with Gasteiger partial charge >= 0.3 is 5.97 Å². The molecule has 1 rings (SSSR count). The van der Waals surface area contributed by atoms with Crippen LogP contribution in [0.5, 0.6) is 0 Å². The third-order valence-corrected chi connectivity index (χ3v) is 3.07. The molecule has 92 valence electrons. The Kier molecular flexibility index (Phi) is 4.73. The summed E-state index contributed by atoms with van der Waals surface area (Å²) in [4.78, 5) is 26.0. The van der Waals surface area contributed by atoms with E-state index < -0.39 is 5.97 Å². The minimum atomic E-state index is -0.902. The van der Waals surface area contributed by atoms with Crippen LogP contribution >= 0.6 is 0 Å². The van der Waals surface area contributed by atoms with E-state index in [1.54, 1.807) is 18.9 Å². The highest BCUT2D eigenvalue weighted by Crippen LogP contribution is 2.11. The van der Waals surface area contributed by atoms with Crippen LogP contribution in [-0.4, -0.2) is 59.5 Å². The summed E-state index contributed by atoms with van der Waals surface area (Å²) in [5, 5.41) is 8.66. The maximum Gasteiger partial charge on any atom is 0.317 e. The zero-order chi connectivity index (χ0) is 12.1. The number of rotatable bonds is 4. The fraction of sp³-hybridized carbons (Fsp3) is 0.818. The lowest BCUT2D eigenvalue weighted by Crippen LogP contribution is -2.48. The third kappa shape index (κ3) is 3.48. The maximum absolute atomic E-state index is 12.0. The second-order valence-corrected chi connectivity index (χ2v) is 4.37. The zero-order valence-electron chi connectivity index (χ0n) is 9.98. The average molecular weight is 228 g/mol. The number of amides is 1. The molecule has 1 aliphatic heterocycles. The number of likely N-dealkylation sites (N-methyl/N-ethyl adjacent to an activating group) is 1. The largest absolute Gasteiger partial charge is 0.480 e. The van der Waals surface area contributed by atoms with Gasteiger partial charge in [0.05, 0.1) is 12.6 Å². The Hall–Kier alpha value is -1.10. The molecule has 1 saturated heterocycles. The predicted octanol–water partition coefficient (Wildman–Crippen LogP) is 0.404. The van der Waals surface area contributed by atoms with E-state index in [0.717, 1.165) is 25.9 Å². The number of hydrogen-bond donors (Lipinski definition) is 1. The standard InChI is InChI=1S/C11H20N2O3/c1-9(12(2)8-10(14)15)11(16)13-6-4-3-5-7-13/h9H,3-8H2,1-2H3,(H,14,15). The first kappa shape index (κ1) is 13.0. The summed E-state index contributed by atoms with van der Waals surface area (Å²) in [6.45, 7) is 3.29. The van der Waals surface area contributed by atoms with Gasteiger partial charge in [-0.25, -0.2) is 0 Å². The van der Waals surface area contributed by atoms with E-state index in [4.69, 9.17) is 5.11 Å². The summed E-state index contributed by atoms with van der Waals surface area (Å²) in [6.07, 6.45) is 3.30. The summed E-state index contributed by atoms with van der Waals surface area (Å²) >= 11 is 0. The van der Waals surface area contributed by atoms with Crippen molar-refractivity contribution in [2.75, 3.05) is 26.7 Å². The van der Waals surface area contributed by atoms with Gasteiger partial charge < -0.3 is 10.0 Å². The quantitative estimate of drug-likeness (QED) is 0.757. The van der Waals surface area contributed by atoms with Gasteiger partial charge in [0.25, 0.3) is 0 Å². The van der Waals surface area contributed by atoms with E-state index in [-0.39, 0.29) is 18.5 Å². The molecular formula is C11H20N2O3. The summed E-state index contributed by atoms with van der Waals surface area (Å²) < 4.78 is 0. The van der Waals surface area contributed by atoms with Crippen molar-refractivity contribution in [2.45, 2.75) is 32.2 Å². The summed E-state index contributed by atoms with van der Waals surface area (Å²) in [7, 11) is 1.67. The van der Waals surface area contributed by atoms with Gasteiger partial charge in [0.15, 0.2) is 0 Å². The lowest BCUT2D eigenvalue weighted by molar-refractivity contribution is -0.141. The Labute approximate surface area is 96.0 Å². The summed E-state index contributed by atoms with van der Waals surface area (Å²) in [5.41, 5.74) is 0. The molecule has 0 bridgehead atoms. The molecule has 0 aliphatic carbocycles. The van der Waals surface area contributed by atoms with E-state index in [0.29, 0.717) is 0 Å². The number of carboxylic acid groups (broad SMARTS) is 1. The van der Waals surface area contributed by atoms with Crippen molar-refractivity contribution in [3.63, 3.8) is 0 Å². The predicted molar refractivity (Wildman–Crippen MR) is 60.2 cm³/mol. The highest BCUT2D eigenvalue weighted by Gasteiger charge is 2.25. The molecule has 1 unspecified atom stereocenters. The monoisotopic (exact) mass is 228 g/mol. The first-order chi connectivity index (χ1) is 7.52. The number of aliphatic carboxylic acids is 1. The molecule has 1 heterocycles. The fourth-order valence-corrected chi connectivity index (χ4v) is 1.92. The van der Waals surface area contributed by atoms with Crippen LogP contribution in [0.3, 0.4) is 0 Å². The average Bonchev–Trinajstić information content (AvgIpc) is 2.27. The topological polar surface area (TPSA) is 60.9 Å². The summed E-state index contributed by atoms with van der Waals surface area (Å²) in [6, 6.07) is -0.353. The van der Waals surface area contributed by atoms with Crippen LogP contribution < -0.4 is 0 Å². The molecule has 16 heavy (non-hydrogen) atoms. The minimum absolute atomic E-state index is 0.0449. The third-order valence-electron chi connectivity index (χ3n) is 3.07. The molecule has 1 atom stereocenters. The van der Waals surface area contributed by atoms with Crippen LogP contribution in [-0.2, 0) is 9.59 Å². The second kappa shape index (κ2) is 5.84. The number of likely N-dealkylation sites (tertiary alicyclic amines) is 1. The van der Waals surface area contributed by atoms with Gasteiger partial charge in [-0.05, 0) is 33.2 Å². The number of nitrogens with zero attached hydrogens (tertiary/aromatic N) is 2. The molecule has 0 radical (unpaired) electrons. The van der Waals surface area contributed by atoms with Crippen LogP contribution in [0.2, 0.25) is 0 Å². The first-order valence-corrected chi connectivity index (χ1v) is 5.73. The van der Waals surface area contributed by atoms with Crippen molar-refractivity contribution < 1.29 is 14.7 Å². The second-order valence-electron chi connectivity index (χ2n) is 4.37. The molecule has 0 saturated carbocycles. The molecule has 0 aromatic heterocycles. The van der Waals surface area contributed by atoms with Crippen molar-refractivity contribution >= 4 is 11.9 Å². The van der Waals surface area contributed by atoms with Gasteiger partial charge in [-0.2, -0.15) is 0 Å². The fourth-order valence-electron chi connectivity index (χ4n) is 1.92. The Morgan fingerprint density at radius 1 is 1.31 bits per heavy atom. The Bertz CT molecular complexity index is 262. The van der Waals surface area contributed by atoms with Crippen molar-refractivity contribution in [3.05, 3.63) is 0 Å². The Morgan fingerprint density at radius 3 is 2.38 bits per heavy atom. The van der Waals surface area contributed by atoms with E-state index in [9.17, 15) is 9.59 Å². The summed E-state index contributed by atoms with van der Waals surface area (Å²) in [5.74, 6) is -0.857. The molecule has 0 aromatic rings. The molecule has 5 nitrogen and oxygen atoms in total. The minimum Gasteiger partial charge on any atom is -0.480 e. The van der Waals surface area contributed by atoms with Crippen LogP contribution in [0.1, 0.15) is 26.2 Å². The molecule has 1 fully saturated rings. The van der Waals surface area contributed by atoms with Crippen molar-refractivity contribution in [1.82, 2.24) is 9.80 Å². The van der Waals surface area contributed by atoms with Crippen LogP contribution in [0.25, 0.3) is 0 Å². The SMILES string of the molecule is CC(C(=O)N1CCCCC1)N(C)CC(=O)O. The van der Waals surface area contributed by atoms with Gasteiger partial charge in [-0.1, -0.05) is 0 Å². The van der Waals surface area contributed by atoms with Crippen molar-refractivity contribution in [3.8, 4) is 0 Å².